The van der Waals surface area contributed by atoms with Crippen LogP contribution in [0.1, 0.15) is 12.0 Å². The summed E-state index contributed by atoms with van der Waals surface area (Å²) in [4.78, 5) is 0. The average Bonchev–Trinajstić information content (AvgIpc) is 2.97. The van der Waals surface area contributed by atoms with Crippen molar-refractivity contribution < 1.29 is 0 Å². The van der Waals surface area contributed by atoms with Gasteiger partial charge in [0.05, 0.1) is 6.20 Å². The molecule has 21 heavy (non-hydrogen) atoms. The van der Waals surface area contributed by atoms with Gasteiger partial charge in [0, 0.05) is 21.9 Å². The van der Waals surface area contributed by atoms with Crippen molar-refractivity contribution in [3.63, 3.8) is 0 Å². The summed E-state index contributed by atoms with van der Waals surface area (Å²) in [5, 5.41) is 4.47. The minimum atomic E-state index is 0.957. The second-order valence-corrected chi connectivity index (χ2v) is 6.34. The summed E-state index contributed by atoms with van der Waals surface area (Å²) in [6.45, 7) is 0.957. The van der Waals surface area contributed by atoms with Crippen LogP contribution >= 0.6 is 22.6 Å². The highest BCUT2D eigenvalue weighted by atomic mass is 127. The van der Waals surface area contributed by atoms with Gasteiger partial charge in [-0.05, 0) is 58.7 Å². The number of nitrogens with zero attached hydrogens (tertiary/aromatic N) is 2. The number of aryl methyl sites for hydroxylation is 2. The summed E-state index contributed by atoms with van der Waals surface area (Å²) in [6.07, 6.45) is 6.29. The molecule has 106 valence electrons. The van der Waals surface area contributed by atoms with Gasteiger partial charge in [0.2, 0.25) is 0 Å². The summed E-state index contributed by atoms with van der Waals surface area (Å²) in [6, 6.07) is 19.1. The molecule has 3 rings (SSSR count). The van der Waals surface area contributed by atoms with Crippen LogP contribution in [0.5, 0.6) is 0 Å². The molecule has 1 heterocycles. The lowest BCUT2D eigenvalue weighted by molar-refractivity contribution is 0.579. The molecule has 2 nitrogen and oxygen atoms in total. The fraction of sp³-hybridized carbons (Fsp3) is 0.167. The lowest BCUT2D eigenvalue weighted by Gasteiger charge is -2.02. The molecule has 0 aliphatic heterocycles. The molecular formula is C18H17IN2. The van der Waals surface area contributed by atoms with E-state index in [2.05, 4.69) is 88.5 Å². The summed E-state index contributed by atoms with van der Waals surface area (Å²) >= 11 is 2.34. The first-order valence-corrected chi connectivity index (χ1v) is 8.21. The molecule has 0 N–H and O–H groups in total. The van der Waals surface area contributed by atoms with Crippen LogP contribution in [0.15, 0.2) is 67.0 Å². The van der Waals surface area contributed by atoms with Gasteiger partial charge in [-0.1, -0.05) is 42.5 Å². The van der Waals surface area contributed by atoms with Crippen molar-refractivity contribution in [2.24, 2.45) is 0 Å². The summed E-state index contributed by atoms with van der Waals surface area (Å²) in [5.41, 5.74) is 3.81. The summed E-state index contributed by atoms with van der Waals surface area (Å²) in [5.74, 6) is 0. The highest BCUT2D eigenvalue weighted by molar-refractivity contribution is 14.1. The highest BCUT2D eigenvalue weighted by Gasteiger charge is 2.02. The monoisotopic (exact) mass is 388 g/mol. The SMILES string of the molecule is Ic1cccc(-c2cnn(CCCc3ccccc3)c2)c1. The van der Waals surface area contributed by atoms with Crippen LogP contribution in [0, 0.1) is 3.57 Å². The number of hydrogen-bond acceptors (Lipinski definition) is 1. The number of aromatic nitrogens is 2. The third-order valence-electron chi connectivity index (χ3n) is 3.49. The first-order chi connectivity index (χ1) is 10.3. The standard InChI is InChI=1S/C18H17IN2/c19-18-10-4-9-16(12-18)17-13-20-21(14-17)11-5-8-15-6-2-1-3-7-15/h1-4,6-7,9-10,12-14H,5,8,11H2. The van der Waals surface area contributed by atoms with Crippen LogP contribution in [-0.4, -0.2) is 9.78 Å². The quantitative estimate of drug-likeness (QED) is 0.575. The second kappa shape index (κ2) is 6.89. The molecule has 0 aliphatic carbocycles. The van der Waals surface area contributed by atoms with E-state index in [0.29, 0.717) is 0 Å². The third kappa shape index (κ3) is 3.94. The first kappa shape index (κ1) is 14.3. The van der Waals surface area contributed by atoms with E-state index in [1.807, 2.05) is 10.9 Å². The molecule has 0 aliphatic rings. The van der Waals surface area contributed by atoms with E-state index >= 15 is 0 Å². The largest absolute Gasteiger partial charge is 0.272 e. The zero-order valence-corrected chi connectivity index (χ0v) is 13.9. The molecule has 0 bridgehead atoms. The topological polar surface area (TPSA) is 17.8 Å². The van der Waals surface area contributed by atoms with Gasteiger partial charge in [0.1, 0.15) is 0 Å². The minimum absolute atomic E-state index is 0.957. The third-order valence-corrected chi connectivity index (χ3v) is 4.16. The van der Waals surface area contributed by atoms with Crippen molar-refractivity contribution in [3.05, 3.63) is 76.1 Å². The van der Waals surface area contributed by atoms with Crippen LogP contribution in [-0.2, 0) is 13.0 Å². The molecular weight excluding hydrogens is 371 g/mol. The van der Waals surface area contributed by atoms with Crippen LogP contribution in [0.25, 0.3) is 11.1 Å². The molecule has 0 amide bonds. The normalized spacial score (nSPS) is 10.7. The first-order valence-electron chi connectivity index (χ1n) is 7.13. The Morgan fingerprint density at radius 1 is 0.952 bits per heavy atom. The molecule has 0 fully saturated rings. The maximum Gasteiger partial charge on any atom is 0.0568 e. The van der Waals surface area contributed by atoms with E-state index in [-0.39, 0.29) is 0 Å². The minimum Gasteiger partial charge on any atom is -0.272 e. The van der Waals surface area contributed by atoms with E-state index < -0.39 is 0 Å². The Morgan fingerprint density at radius 3 is 2.62 bits per heavy atom. The second-order valence-electron chi connectivity index (χ2n) is 5.09. The Hall–Kier alpha value is -1.62. The molecule has 3 heteroatoms. The van der Waals surface area contributed by atoms with Crippen molar-refractivity contribution in [3.8, 4) is 11.1 Å². The van der Waals surface area contributed by atoms with Gasteiger partial charge in [-0.15, -0.1) is 0 Å². The van der Waals surface area contributed by atoms with Crippen molar-refractivity contribution in [1.29, 1.82) is 0 Å². The van der Waals surface area contributed by atoms with E-state index in [9.17, 15) is 0 Å². The predicted octanol–water partition coefficient (Wildman–Crippen LogP) is 4.79. The van der Waals surface area contributed by atoms with Crippen LogP contribution in [0.4, 0.5) is 0 Å². The Kier molecular flexibility index (Phi) is 4.70. The van der Waals surface area contributed by atoms with E-state index in [1.54, 1.807) is 0 Å². The van der Waals surface area contributed by atoms with E-state index in [1.165, 1.54) is 20.3 Å². The van der Waals surface area contributed by atoms with Crippen molar-refractivity contribution in [1.82, 2.24) is 9.78 Å². The summed E-state index contributed by atoms with van der Waals surface area (Å²) < 4.78 is 3.29. The molecule has 0 radical (unpaired) electrons. The average molecular weight is 388 g/mol. The molecule has 0 atom stereocenters. The van der Waals surface area contributed by atoms with Gasteiger partial charge in [-0.25, -0.2) is 0 Å². The van der Waals surface area contributed by atoms with Gasteiger partial charge in [0.25, 0.3) is 0 Å². The highest BCUT2D eigenvalue weighted by Crippen LogP contribution is 2.20. The zero-order chi connectivity index (χ0) is 14.5. The Morgan fingerprint density at radius 2 is 1.81 bits per heavy atom. The van der Waals surface area contributed by atoms with Crippen LogP contribution < -0.4 is 0 Å². The smallest absolute Gasteiger partial charge is 0.0568 e. The van der Waals surface area contributed by atoms with Gasteiger partial charge in [0.15, 0.2) is 0 Å². The zero-order valence-electron chi connectivity index (χ0n) is 11.7. The van der Waals surface area contributed by atoms with Crippen LogP contribution in [0.2, 0.25) is 0 Å². The molecule has 0 saturated heterocycles. The van der Waals surface area contributed by atoms with E-state index in [0.717, 1.165) is 19.4 Å². The van der Waals surface area contributed by atoms with Gasteiger partial charge < -0.3 is 0 Å². The van der Waals surface area contributed by atoms with Crippen molar-refractivity contribution in [2.45, 2.75) is 19.4 Å². The number of hydrogen-bond donors (Lipinski definition) is 0. The predicted molar refractivity (Wildman–Crippen MR) is 95.1 cm³/mol. The Balaban J connectivity index is 1.60. The molecule has 3 aromatic rings. The van der Waals surface area contributed by atoms with Gasteiger partial charge in [-0.2, -0.15) is 5.10 Å². The lowest BCUT2D eigenvalue weighted by Crippen LogP contribution is -1.99. The fourth-order valence-corrected chi connectivity index (χ4v) is 2.94. The summed E-state index contributed by atoms with van der Waals surface area (Å²) in [7, 11) is 0. The molecule has 0 spiro atoms. The Bertz CT molecular complexity index is 704. The number of halogens is 1. The van der Waals surface area contributed by atoms with Crippen LogP contribution in [0.3, 0.4) is 0 Å². The van der Waals surface area contributed by atoms with Gasteiger partial charge in [-0.3, -0.25) is 4.68 Å². The maximum atomic E-state index is 4.47. The lowest BCUT2D eigenvalue weighted by atomic mass is 10.1. The molecule has 0 saturated carbocycles. The molecule has 2 aromatic carbocycles. The van der Waals surface area contributed by atoms with Crippen molar-refractivity contribution in [2.75, 3.05) is 0 Å². The van der Waals surface area contributed by atoms with E-state index in [4.69, 9.17) is 0 Å². The van der Waals surface area contributed by atoms with Crippen molar-refractivity contribution >= 4 is 22.6 Å². The fourth-order valence-electron chi connectivity index (χ4n) is 2.39. The van der Waals surface area contributed by atoms with Gasteiger partial charge >= 0.3 is 0 Å². The molecule has 1 aromatic heterocycles. The number of benzene rings is 2. The molecule has 0 unspecified atom stereocenters. The number of rotatable bonds is 5. The Labute approximate surface area is 139 Å². The maximum absolute atomic E-state index is 4.47.